The molecule has 0 aliphatic carbocycles. The average Bonchev–Trinajstić information content (AvgIpc) is 2.84. The number of rotatable bonds is 11. The van der Waals surface area contributed by atoms with Gasteiger partial charge in [-0.25, -0.2) is 5.43 Å². The van der Waals surface area contributed by atoms with Gasteiger partial charge in [-0.05, 0) is 61.0 Å². The van der Waals surface area contributed by atoms with Gasteiger partial charge in [-0.15, -0.1) is 0 Å². The molecule has 1 amide bonds. The third-order valence-corrected chi connectivity index (χ3v) is 5.28. The van der Waals surface area contributed by atoms with Gasteiger partial charge < -0.3 is 14.2 Å². The second-order valence-electron chi connectivity index (χ2n) is 6.99. The van der Waals surface area contributed by atoms with Crippen LogP contribution >= 0.6 is 27.5 Å². The highest BCUT2D eigenvalue weighted by molar-refractivity contribution is 9.10. The largest absolute Gasteiger partial charge is 0.490 e. The van der Waals surface area contributed by atoms with E-state index >= 15 is 0 Å². The zero-order valence-electron chi connectivity index (χ0n) is 18.6. The average molecular weight is 544 g/mol. The second kappa shape index (κ2) is 12.8. The number of hydrogen-bond acceptors (Lipinski definition) is 5. The van der Waals surface area contributed by atoms with E-state index in [4.69, 9.17) is 25.8 Å². The lowest BCUT2D eigenvalue weighted by Gasteiger charge is -2.12. The van der Waals surface area contributed by atoms with Gasteiger partial charge in [-0.2, -0.15) is 5.10 Å². The summed E-state index contributed by atoms with van der Waals surface area (Å²) < 4.78 is 18.1. The maximum Gasteiger partial charge on any atom is 0.271 e. The predicted molar refractivity (Wildman–Crippen MR) is 138 cm³/mol. The molecule has 0 spiro atoms. The highest BCUT2D eigenvalue weighted by atomic mass is 79.9. The summed E-state index contributed by atoms with van der Waals surface area (Å²) in [6.07, 6.45) is 3.13. The van der Waals surface area contributed by atoms with Crippen molar-refractivity contribution in [1.29, 1.82) is 0 Å². The number of carbonyl (C=O) groups excluding carboxylic acids is 1. The number of hydrazone groups is 1. The van der Waals surface area contributed by atoms with Crippen molar-refractivity contribution in [3.8, 4) is 17.2 Å². The Labute approximate surface area is 212 Å². The molecule has 3 aromatic rings. The van der Waals surface area contributed by atoms with Crippen molar-refractivity contribution in [2.24, 2.45) is 5.10 Å². The molecule has 1 N–H and O–H groups in total. The SMILES string of the molecule is C=CCOc1ccc(C(=O)N/N=C/c2cc(Cl)ccc2OCc2ccc(Br)cc2)cc1OCC. The standard InChI is InChI=1S/C26H24BrClN2O4/c1-3-13-33-24-11-7-19(15-25(24)32-4-2)26(31)30-29-16-20-14-22(28)10-12-23(20)34-17-18-5-8-21(27)9-6-18/h3,5-12,14-16H,1,4,13,17H2,2H3,(H,30,31)/b29-16+. The smallest absolute Gasteiger partial charge is 0.271 e. The lowest BCUT2D eigenvalue weighted by Crippen LogP contribution is -2.18. The minimum atomic E-state index is -0.396. The van der Waals surface area contributed by atoms with Crippen molar-refractivity contribution < 1.29 is 19.0 Å². The van der Waals surface area contributed by atoms with Crippen molar-refractivity contribution in [2.45, 2.75) is 13.5 Å². The zero-order valence-corrected chi connectivity index (χ0v) is 20.9. The van der Waals surface area contributed by atoms with Crippen molar-refractivity contribution in [3.63, 3.8) is 0 Å². The molecule has 8 heteroatoms. The Morgan fingerprint density at radius 2 is 1.79 bits per heavy atom. The summed E-state index contributed by atoms with van der Waals surface area (Å²) in [4.78, 5) is 12.6. The number of ether oxygens (including phenoxy) is 3. The van der Waals surface area contributed by atoms with Gasteiger partial charge in [0.1, 0.15) is 19.0 Å². The van der Waals surface area contributed by atoms with Crippen molar-refractivity contribution in [1.82, 2.24) is 5.43 Å². The fourth-order valence-corrected chi connectivity index (χ4v) is 3.35. The molecular weight excluding hydrogens is 520 g/mol. The molecule has 0 aliphatic rings. The molecule has 0 unspecified atom stereocenters. The molecular formula is C26H24BrClN2O4. The molecule has 0 saturated heterocycles. The molecule has 3 aromatic carbocycles. The zero-order chi connectivity index (χ0) is 24.3. The van der Waals surface area contributed by atoms with E-state index in [1.54, 1.807) is 42.5 Å². The van der Waals surface area contributed by atoms with Crippen LogP contribution in [0.2, 0.25) is 5.02 Å². The third-order valence-electron chi connectivity index (χ3n) is 4.51. The van der Waals surface area contributed by atoms with Gasteiger partial charge in [0, 0.05) is 20.6 Å². The summed E-state index contributed by atoms with van der Waals surface area (Å²) >= 11 is 9.56. The summed E-state index contributed by atoms with van der Waals surface area (Å²) in [5.41, 5.74) is 4.55. The van der Waals surface area contributed by atoms with Crippen molar-refractivity contribution in [3.05, 3.63) is 99.5 Å². The number of nitrogens with one attached hydrogen (secondary N) is 1. The summed E-state index contributed by atoms with van der Waals surface area (Å²) in [5.74, 6) is 1.20. The second-order valence-corrected chi connectivity index (χ2v) is 8.34. The monoisotopic (exact) mass is 542 g/mol. The Balaban J connectivity index is 1.68. The van der Waals surface area contributed by atoms with E-state index in [2.05, 4.69) is 33.0 Å². The Bertz CT molecular complexity index is 1170. The quantitative estimate of drug-likeness (QED) is 0.172. The summed E-state index contributed by atoms with van der Waals surface area (Å²) in [6, 6.07) is 18.0. The first-order valence-electron chi connectivity index (χ1n) is 10.5. The topological polar surface area (TPSA) is 69.2 Å². The number of amides is 1. The predicted octanol–water partition coefficient (Wildman–Crippen LogP) is 6.41. The van der Waals surface area contributed by atoms with Crippen LogP contribution < -0.4 is 19.6 Å². The van der Waals surface area contributed by atoms with Gasteiger partial charge >= 0.3 is 0 Å². The molecule has 0 saturated carbocycles. The molecule has 0 bridgehead atoms. The first-order valence-corrected chi connectivity index (χ1v) is 11.7. The van der Waals surface area contributed by atoms with E-state index in [9.17, 15) is 4.79 Å². The van der Waals surface area contributed by atoms with Crippen molar-refractivity contribution in [2.75, 3.05) is 13.2 Å². The minimum absolute atomic E-state index is 0.335. The van der Waals surface area contributed by atoms with Crippen LogP contribution in [0.15, 0.2) is 82.9 Å². The van der Waals surface area contributed by atoms with Crippen molar-refractivity contribution >= 4 is 39.7 Å². The number of carbonyl (C=O) groups is 1. The number of benzene rings is 3. The van der Waals surface area contributed by atoms with Gasteiger partial charge in [0.25, 0.3) is 5.91 Å². The van der Waals surface area contributed by atoms with E-state index in [0.29, 0.717) is 53.2 Å². The lowest BCUT2D eigenvalue weighted by atomic mass is 10.2. The Kier molecular flexibility index (Phi) is 9.55. The summed E-state index contributed by atoms with van der Waals surface area (Å²) in [6.45, 7) is 6.64. The molecule has 0 fully saturated rings. The maximum absolute atomic E-state index is 12.6. The highest BCUT2D eigenvalue weighted by Crippen LogP contribution is 2.28. The minimum Gasteiger partial charge on any atom is -0.490 e. The molecule has 0 aliphatic heterocycles. The van der Waals surface area contributed by atoms with Crippen LogP contribution in [-0.2, 0) is 6.61 Å². The molecule has 3 rings (SSSR count). The third kappa shape index (κ3) is 7.37. The molecule has 0 atom stereocenters. The van der Waals surface area contributed by atoms with E-state index < -0.39 is 5.91 Å². The first-order chi connectivity index (χ1) is 16.5. The van der Waals surface area contributed by atoms with Crippen LogP contribution in [-0.4, -0.2) is 25.3 Å². The molecule has 0 aromatic heterocycles. The van der Waals surface area contributed by atoms with Gasteiger partial charge in [0.2, 0.25) is 0 Å². The number of nitrogens with zero attached hydrogens (tertiary/aromatic N) is 1. The lowest BCUT2D eigenvalue weighted by molar-refractivity contribution is 0.0954. The van der Waals surface area contributed by atoms with Gasteiger partial charge in [-0.3, -0.25) is 4.79 Å². The van der Waals surface area contributed by atoms with Crippen LogP contribution in [0.1, 0.15) is 28.4 Å². The molecule has 0 radical (unpaired) electrons. The number of hydrogen-bond donors (Lipinski definition) is 1. The fourth-order valence-electron chi connectivity index (χ4n) is 2.90. The van der Waals surface area contributed by atoms with Crippen LogP contribution in [0.25, 0.3) is 0 Å². The van der Waals surface area contributed by atoms with E-state index in [1.807, 2.05) is 31.2 Å². The van der Waals surface area contributed by atoms with E-state index in [-0.39, 0.29) is 0 Å². The highest BCUT2D eigenvalue weighted by Gasteiger charge is 2.11. The molecule has 0 heterocycles. The molecule has 34 heavy (non-hydrogen) atoms. The normalized spacial score (nSPS) is 10.7. The van der Waals surface area contributed by atoms with Crippen LogP contribution in [0.5, 0.6) is 17.2 Å². The van der Waals surface area contributed by atoms with Crippen LogP contribution in [0, 0.1) is 0 Å². The van der Waals surface area contributed by atoms with Crippen LogP contribution in [0.3, 0.4) is 0 Å². The Morgan fingerprint density at radius 1 is 1.03 bits per heavy atom. The summed E-state index contributed by atoms with van der Waals surface area (Å²) in [7, 11) is 0. The number of halogens is 2. The van der Waals surface area contributed by atoms with Gasteiger partial charge in [-0.1, -0.05) is 52.3 Å². The Hall–Kier alpha value is -3.29. The maximum atomic E-state index is 12.6. The van der Waals surface area contributed by atoms with Gasteiger partial charge in [0.15, 0.2) is 11.5 Å². The first kappa shape index (κ1) is 25.3. The van der Waals surface area contributed by atoms with Gasteiger partial charge in [0.05, 0.1) is 12.8 Å². The fraction of sp³-hybridized carbons (Fsp3) is 0.154. The van der Waals surface area contributed by atoms with E-state index in [1.165, 1.54) is 6.21 Å². The van der Waals surface area contributed by atoms with E-state index in [0.717, 1.165) is 10.0 Å². The molecule has 176 valence electrons. The Morgan fingerprint density at radius 3 is 2.53 bits per heavy atom. The van der Waals surface area contributed by atoms with Crippen LogP contribution in [0.4, 0.5) is 0 Å². The molecule has 6 nitrogen and oxygen atoms in total. The summed E-state index contributed by atoms with van der Waals surface area (Å²) in [5, 5.41) is 4.61.